The van der Waals surface area contributed by atoms with E-state index in [-0.39, 0.29) is 5.69 Å². The first-order valence-electron chi connectivity index (χ1n) is 9.35. The summed E-state index contributed by atoms with van der Waals surface area (Å²) in [6.07, 6.45) is -1.71. The summed E-state index contributed by atoms with van der Waals surface area (Å²) in [6, 6.07) is 10.3. The highest BCUT2D eigenvalue weighted by Gasteiger charge is 2.23. The van der Waals surface area contributed by atoms with Crippen molar-refractivity contribution >= 4 is 16.9 Å². The van der Waals surface area contributed by atoms with Crippen LogP contribution in [0.15, 0.2) is 48.7 Å². The van der Waals surface area contributed by atoms with Crippen LogP contribution in [0.1, 0.15) is 41.3 Å². The van der Waals surface area contributed by atoms with Gasteiger partial charge < -0.3 is 5.32 Å². The Bertz CT molecular complexity index is 1260. The first-order chi connectivity index (χ1) is 14.8. The van der Waals surface area contributed by atoms with Crippen molar-refractivity contribution in [1.29, 1.82) is 0 Å². The van der Waals surface area contributed by atoms with Crippen LogP contribution in [-0.4, -0.2) is 30.6 Å². The second-order valence-corrected chi connectivity index (χ2v) is 6.88. The smallest absolute Gasteiger partial charge is 0.282 e. The third-order valence-corrected chi connectivity index (χ3v) is 4.68. The summed E-state index contributed by atoms with van der Waals surface area (Å²) in [5, 5.41) is 6.40. The van der Waals surface area contributed by atoms with Crippen LogP contribution < -0.4 is 5.32 Å². The molecule has 3 aromatic heterocycles. The molecule has 4 rings (SSSR count). The van der Waals surface area contributed by atoms with Gasteiger partial charge >= 0.3 is 0 Å². The standard InChI is InChI=1S/C21H17F3N6O/c1-11(26-21(31)17-9-16(20(23)24)29-30(17)2)18-19(15-8-7-12(22)10-25-15)28-14-6-4-3-5-13(14)27-18/h3-11,20H,1-2H3,(H,26,31)/t11-/m0/s1. The molecule has 7 nitrogen and oxygen atoms in total. The van der Waals surface area contributed by atoms with Gasteiger partial charge in [-0.1, -0.05) is 12.1 Å². The molecule has 0 bridgehead atoms. The Labute approximate surface area is 175 Å². The molecule has 10 heteroatoms. The van der Waals surface area contributed by atoms with Crippen molar-refractivity contribution in [2.75, 3.05) is 0 Å². The Hall–Kier alpha value is -3.82. The number of rotatable bonds is 5. The Kier molecular flexibility index (Phi) is 5.37. The molecule has 0 aliphatic rings. The van der Waals surface area contributed by atoms with Gasteiger partial charge in [-0.05, 0) is 37.3 Å². The minimum atomic E-state index is -2.78. The number of fused-ring (bicyclic) bond motifs is 1. The number of nitrogens with zero attached hydrogens (tertiary/aromatic N) is 5. The average Bonchev–Trinajstić information content (AvgIpc) is 3.15. The minimum Gasteiger partial charge on any atom is -0.343 e. The predicted molar refractivity (Wildman–Crippen MR) is 107 cm³/mol. The minimum absolute atomic E-state index is 0.0163. The highest BCUT2D eigenvalue weighted by atomic mass is 19.3. The van der Waals surface area contributed by atoms with Crippen LogP contribution in [0.2, 0.25) is 0 Å². The maximum absolute atomic E-state index is 13.4. The van der Waals surface area contributed by atoms with Gasteiger partial charge in [-0.2, -0.15) is 5.10 Å². The third-order valence-electron chi connectivity index (χ3n) is 4.68. The third kappa shape index (κ3) is 4.09. The van der Waals surface area contributed by atoms with E-state index in [0.717, 1.165) is 16.9 Å². The van der Waals surface area contributed by atoms with E-state index in [4.69, 9.17) is 0 Å². The zero-order valence-electron chi connectivity index (χ0n) is 16.6. The summed E-state index contributed by atoms with van der Waals surface area (Å²) in [5.41, 5.74) is 1.88. The van der Waals surface area contributed by atoms with Gasteiger partial charge in [0, 0.05) is 7.05 Å². The molecule has 4 aromatic rings. The summed E-state index contributed by atoms with van der Waals surface area (Å²) in [5.74, 6) is -1.09. The summed E-state index contributed by atoms with van der Waals surface area (Å²) < 4.78 is 40.3. The summed E-state index contributed by atoms with van der Waals surface area (Å²) >= 11 is 0. The fourth-order valence-corrected chi connectivity index (χ4v) is 3.17. The molecule has 0 saturated carbocycles. The number of aryl methyl sites for hydroxylation is 1. The molecule has 0 spiro atoms. The Morgan fingerprint density at radius 3 is 2.42 bits per heavy atom. The largest absolute Gasteiger partial charge is 0.343 e. The van der Waals surface area contributed by atoms with E-state index < -0.39 is 29.9 Å². The van der Waals surface area contributed by atoms with Gasteiger partial charge in [-0.15, -0.1) is 0 Å². The quantitative estimate of drug-likeness (QED) is 0.522. The number of halogens is 3. The zero-order valence-corrected chi connectivity index (χ0v) is 16.6. The second kappa shape index (κ2) is 8.13. The number of carbonyl (C=O) groups excluding carboxylic acids is 1. The predicted octanol–water partition coefficient (Wildman–Crippen LogP) is 3.99. The van der Waals surface area contributed by atoms with E-state index in [1.807, 2.05) is 6.07 Å². The molecule has 0 unspecified atom stereocenters. The van der Waals surface area contributed by atoms with E-state index >= 15 is 0 Å². The number of benzene rings is 1. The van der Waals surface area contributed by atoms with Crippen molar-refractivity contribution < 1.29 is 18.0 Å². The Morgan fingerprint density at radius 2 is 1.81 bits per heavy atom. The molecule has 0 fully saturated rings. The highest BCUT2D eigenvalue weighted by molar-refractivity contribution is 5.93. The van der Waals surface area contributed by atoms with Crippen LogP contribution in [0.4, 0.5) is 13.2 Å². The lowest BCUT2D eigenvalue weighted by atomic mass is 10.1. The molecule has 0 radical (unpaired) electrons. The van der Waals surface area contributed by atoms with E-state index in [0.29, 0.717) is 28.1 Å². The van der Waals surface area contributed by atoms with E-state index in [2.05, 4.69) is 25.4 Å². The maximum Gasteiger partial charge on any atom is 0.282 e. The van der Waals surface area contributed by atoms with Gasteiger partial charge in [0.25, 0.3) is 12.3 Å². The molecular weight excluding hydrogens is 409 g/mol. The van der Waals surface area contributed by atoms with Crippen LogP contribution in [0, 0.1) is 5.82 Å². The second-order valence-electron chi connectivity index (χ2n) is 6.88. The molecule has 0 aliphatic heterocycles. The van der Waals surface area contributed by atoms with Crippen molar-refractivity contribution in [2.24, 2.45) is 7.05 Å². The SMILES string of the molecule is C[C@H](NC(=O)c1cc(C(F)F)nn1C)c1nc2ccccc2nc1-c1ccc(F)cn1. The number of pyridine rings is 1. The summed E-state index contributed by atoms with van der Waals surface area (Å²) in [4.78, 5) is 26.0. The van der Waals surface area contributed by atoms with Crippen molar-refractivity contribution in [1.82, 2.24) is 30.0 Å². The molecule has 1 amide bonds. The molecule has 1 aromatic carbocycles. The number of hydrogen-bond acceptors (Lipinski definition) is 5. The van der Waals surface area contributed by atoms with E-state index in [9.17, 15) is 18.0 Å². The topological polar surface area (TPSA) is 85.6 Å². The van der Waals surface area contributed by atoms with Crippen LogP contribution in [0.3, 0.4) is 0 Å². The number of nitrogens with one attached hydrogen (secondary N) is 1. The monoisotopic (exact) mass is 426 g/mol. The Morgan fingerprint density at radius 1 is 1.10 bits per heavy atom. The molecule has 0 saturated heterocycles. The Balaban J connectivity index is 1.72. The van der Waals surface area contributed by atoms with Crippen molar-refractivity contribution in [3.63, 3.8) is 0 Å². The number of alkyl halides is 2. The lowest BCUT2D eigenvalue weighted by Gasteiger charge is -2.17. The molecule has 158 valence electrons. The summed E-state index contributed by atoms with van der Waals surface area (Å²) in [7, 11) is 1.41. The van der Waals surface area contributed by atoms with Gasteiger partial charge in [-0.25, -0.2) is 23.1 Å². The van der Waals surface area contributed by atoms with E-state index in [1.54, 1.807) is 25.1 Å². The first kappa shape index (κ1) is 20.5. The van der Waals surface area contributed by atoms with Crippen LogP contribution in [0.25, 0.3) is 22.4 Å². The lowest BCUT2D eigenvalue weighted by molar-refractivity contribution is 0.0929. The van der Waals surface area contributed by atoms with Gasteiger partial charge in [0.05, 0.1) is 34.7 Å². The fraction of sp³-hybridized carbons (Fsp3) is 0.190. The lowest BCUT2D eigenvalue weighted by Crippen LogP contribution is -2.29. The maximum atomic E-state index is 13.4. The normalized spacial score (nSPS) is 12.3. The number of carbonyl (C=O) groups is 1. The zero-order chi connectivity index (χ0) is 22.1. The molecule has 1 atom stereocenters. The van der Waals surface area contributed by atoms with Crippen LogP contribution in [-0.2, 0) is 7.05 Å². The van der Waals surface area contributed by atoms with E-state index in [1.165, 1.54) is 19.2 Å². The van der Waals surface area contributed by atoms with Gasteiger partial charge in [0.1, 0.15) is 22.9 Å². The molecule has 3 heterocycles. The highest BCUT2D eigenvalue weighted by Crippen LogP contribution is 2.27. The fourth-order valence-electron chi connectivity index (χ4n) is 3.17. The number of aromatic nitrogens is 5. The number of hydrogen-bond donors (Lipinski definition) is 1. The van der Waals surface area contributed by atoms with Gasteiger partial charge in [-0.3, -0.25) is 14.5 Å². The number of amides is 1. The first-order valence-corrected chi connectivity index (χ1v) is 9.35. The van der Waals surface area contributed by atoms with Gasteiger partial charge in [0.15, 0.2) is 0 Å². The molecule has 0 aliphatic carbocycles. The average molecular weight is 426 g/mol. The van der Waals surface area contributed by atoms with Crippen LogP contribution >= 0.6 is 0 Å². The van der Waals surface area contributed by atoms with Crippen molar-refractivity contribution in [2.45, 2.75) is 19.4 Å². The van der Waals surface area contributed by atoms with Gasteiger partial charge in [0.2, 0.25) is 0 Å². The van der Waals surface area contributed by atoms with Crippen LogP contribution in [0.5, 0.6) is 0 Å². The summed E-state index contributed by atoms with van der Waals surface area (Å²) in [6.45, 7) is 1.69. The van der Waals surface area contributed by atoms with Crippen molar-refractivity contribution in [3.8, 4) is 11.4 Å². The van der Waals surface area contributed by atoms with Crippen molar-refractivity contribution in [3.05, 3.63) is 71.6 Å². The molecular formula is C21H17F3N6O. The molecule has 31 heavy (non-hydrogen) atoms. The molecule has 1 N–H and O–H groups in total. The number of para-hydroxylation sites is 2.